The largest absolute Gasteiger partial charge is 0.376 e. The Hall–Kier alpha value is -1.14. The van der Waals surface area contributed by atoms with E-state index in [1.54, 1.807) is 0 Å². The lowest BCUT2D eigenvalue weighted by atomic mass is 10.3. The van der Waals surface area contributed by atoms with Gasteiger partial charge in [0.25, 0.3) is 11.8 Å². The van der Waals surface area contributed by atoms with Crippen LogP contribution in [0.25, 0.3) is 0 Å². The monoisotopic (exact) mass is 171 g/mol. The third kappa shape index (κ3) is 1.39. The fourth-order valence-electron chi connectivity index (χ4n) is 1.01. The second kappa shape index (κ2) is 3.08. The molecule has 6 nitrogen and oxygen atoms in total. The molecule has 0 amide bonds. The summed E-state index contributed by atoms with van der Waals surface area (Å²) in [6, 6.07) is 0. The Morgan fingerprint density at radius 3 is 2.92 bits per heavy atom. The minimum atomic E-state index is -0.261. The zero-order valence-electron chi connectivity index (χ0n) is 6.40. The van der Waals surface area contributed by atoms with Gasteiger partial charge in [0, 0.05) is 0 Å². The van der Waals surface area contributed by atoms with Crippen LogP contribution in [0, 0.1) is 0 Å². The van der Waals surface area contributed by atoms with Crippen LogP contribution < -0.4 is 5.73 Å². The highest BCUT2D eigenvalue weighted by Gasteiger charge is 2.22. The Labute approximate surface area is 68.6 Å². The molecule has 12 heavy (non-hydrogen) atoms. The number of hydrogen-bond donors (Lipinski definition) is 1. The molecule has 1 saturated heterocycles. The van der Waals surface area contributed by atoms with E-state index in [0.717, 1.165) is 0 Å². The fourth-order valence-corrected chi connectivity index (χ4v) is 1.01. The van der Waals surface area contributed by atoms with Crippen molar-refractivity contribution in [3.8, 4) is 0 Å². The van der Waals surface area contributed by atoms with E-state index >= 15 is 0 Å². The minimum absolute atomic E-state index is 0.124. The SMILES string of the molecule is Nc1noc(C2COCCO2)n1. The lowest BCUT2D eigenvalue weighted by Crippen LogP contribution is -2.22. The molecule has 0 aromatic carbocycles. The zero-order chi connectivity index (χ0) is 8.39. The highest BCUT2D eigenvalue weighted by molar-refractivity contribution is 5.11. The summed E-state index contributed by atoms with van der Waals surface area (Å²) in [5.41, 5.74) is 5.27. The van der Waals surface area contributed by atoms with Gasteiger partial charge < -0.3 is 19.7 Å². The fraction of sp³-hybridized carbons (Fsp3) is 0.667. The molecule has 0 saturated carbocycles. The molecule has 1 aromatic heterocycles. The summed E-state index contributed by atoms with van der Waals surface area (Å²) in [7, 11) is 0. The first-order valence-corrected chi connectivity index (χ1v) is 3.64. The van der Waals surface area contributed by atoms with Crippen molar-refractivity contribution in [2.45, 2.75) is 6.10 Å². The van der Waals surface area contributed by atoms with Crippen LogP contribution in [0.3, 0.4) is 0 Å². The van der Waals surface area contributed by atoms with Crippen molar-refractivity contribution in [2.75, 3.05) is 25.6 Å². The van der Waals surface area contributed by atoms with Gasteiger partial charge in [0.15, 0.2) is 6.10 Å². The second-order valence-electron chi connectivity index (χ2n) is 2.43. The number of hydrogen-bond acceptors (Lipinski definition) is 6. The van der Waals surface area contributed by atoms with Gasteiger partial charge in [0.1, 0.15) is 0 Å². The van der Waals surface area contributed by atoms with E-state index in [0.29, 0.717) is 25.7 Å². The van der Waals surface area contributed by atoms with Crippen LogP contribution in [0.4, 0.5) is 5.95 Å². The summed E-state index contributed by atoms with van der Waals surface area (Å²) in [5.74, 6) is 0.506. The van der Waals surface area contributed by atoms with Crippen molar-refractivity contribution >= 4 is 5.95 Å². The van der Waals surface area contributed by atoms with Crippen LogP contribution in [0.5, 0.6) is 0 Å². The first kappa shape index (κ1) is 7.51. The van der Waals surface area contributed by atoms with Crippen molar-refractivity contribution < 1.29 is 14.0 Å². The molecule has 2 heterocycles. The van der Waals surface area contributed by atoms with E-state index in [4.69, 9.17) is 19.7 Å². The summed E-state index contributed by atoms with van der Waals surface area (Å²) < 4.78 is 15.3. The Morgan fingerprint density at radius 1 is 1.42 bits per heavy atom. The highest BCUT2D eigenvalue weighted by atomic mass is 16.6. The number of nitrogens with two attached hydrogens (primary N) is 1. The van der Waals surface area contributed by atoms with Gasteiger partial charge in [0.2, 0.25) is 0 Å². The average Bonchev–Trinajstić information content (AvgIpc) is 2.54. The van der Waals surface area contributed by atoms with E-state index < -0.39 is 0 Å². The Morgan fingerprint density at radius 2 is 2.33 bits per heavy atom. The molecule has 1 aromatic rings. The van der Waals surface area contributed by atoms with Crippen molar-refractivity contribution in [3.63, 3.8) is 0 Å². The number of anilines is 1. The van der Waals surface area contributed by atoms with E-state index in [2.05, 4.69) is 10.1 Å². The number of ether oxygens (including phenoxy) is 2. The number of nitrogens with zero attached hydrogens (tertiary/aromatic N) is 2. The molecular formula is C6H9N3O3. The summed E-state index contributed by atoms with van der Waals surface area (Å²) in [6.45, 7) is 1.61. The predicted molar refractivity (Wildman–Crippen MR) is 38.2 cm³/mol. The van der Waals surface area contributed by atoms with Crippen LogP contribution >= 0.6 is 0 Å². The maximum absolute atomic E-state index is 5.30. The molecule has 1 aliphatic heterocycles. The summed E-state index contributed by atoms with van der Waals surface area (Å²) in [6.07, 6.45) is -0.261. The number of rotatable bonds is 1. The van der Waals surface area contributed by atoms with Crippen molar-refractivity contribution in [2.24, 2.45) is 0 Å². The summed E-state index contributed by atoms with van der Waals surface area (Å²) in [5, 5.41) is 3.45. The van der Waals surface area contributed by atoms with Gasteiger partial charge in [-0.2, -0.15) is 4.98 Å². The van der Waals surface area contributed by atoms with E-state index in [9.17, 15) is 0 Å². The van der Waals surface area contributed by atoms with Gasteiger partial charge in [-0.25, -0.2) is 0 Å². The molecule has 0 aliphatic carbocycles. The van der Waals surface area contributed by atoms with Crippen LogP contribution in [0.2, 0.25) is 0 Å². The topological polar surface area (TPSA) is 83.4 Å². The van der Waals surface area contributed by atoms with Crippen molar-refractivity contribution in [1.82, 2.24) is 10.1 Å². The third-order valence-corrected chi connectivity index (χ3v) is 1.55. The Balaban J connectivity index is 2.08. The molecule has 1 fully saturated rings. The first-order chi connectivity index (χ1) is 5.86. The maximum Gasteiger partial charge on any atom is 0.260 e. The van der Waals surface area contributed by atoms with Gasteiger partial charge in [-0.15, -0.1) is 0 Å². The van der Waals surface area contributed by atoms with Gasteiger partial charge in [0.05, 0.1) is 19.8 Å². The number of aromatic nitrogens is 2. The molecule has 66 valence electrons. The minimum Gasteiger partial charge on any atom is -0.376 e. The maximum atomic E-state index is 5.30. The van der Waals surface area contributed by atoms with Gasteiger partial charge in [-0.05, 0) is 5.16 Å². The smallest absolute Gasteiger partial charge is 0.260 e. The van der Waals surface area contributed by atoms with Crippen LogP contribution in [0.15, 0.2) is 4.52 Å². The molecular weight excluding hydrogens is 162 g/mol. The molecule has 2 rings (SSSR count). The Kier molecular flexibility index (Phi) is 1.92. The lowest BCUT2D eigenvalue weighted by Gasteiger charge is -2.19. The summed E-state index contributed by atoms with van der Waals surface area (Å²) >= 11 is 0. The van der Waals surface area contributed by atoms with Gasteiger partial charge >= 0.3 is 0 Å². The first-order valence-electron chi connectivity index (χ1n) is 3.64. The zero-order valence-corrected chi connectivity index (χ0v) is 6.40. The van der Waals surface area contributed by atoms with Gasteiger partial charge in [-0.3, -0.25) is 0 Å². The Bertz CT molecular complexity index is 256. The van der Waals surface area contributed by atoms with Crippen molar-refractivity contribution in [3.05, 3.63) is 5.89 Å². The van der Waals surface area contributed by atoms with E-state index in [1.165, 1.54) is 0 Å². The molecule has 1 unspecified atom stereocenters. The molecule has 0 spiro atoms. The van der Waals surface area contributed by atoms with Crippen LogP contribution in [-0.2, 0) is 9.47 Å². The van der Waals surface area contributed by atoms with Crippen LogP contribution in [-0.4, -0.2) is 30.0 Å². The van der Waals surface area contributed by atoms with E-state index in [1.807, 2.05) is 0 Å². The van der Waals surface area contributed by atoms with Crippen molar-refractivity contribution in [1.29, 1.82) is 0 Å². The quantitative estimate of drug-likeness (QED) is 0.626. The molecule has 0 bridgehead atoms. The third-order valence-electron chi connectivity index (χ3n) is 1.55. The lowest BCUT2D eigenvalue weighted by molar-refractivity contribution is -0.101. The average molecular weight is 171 g/mol. The molecule has 2 N–H and O–H groups in total. The van der Waals surface area contributed by atoms with E-state index in [-0.39, 0.29) is 12.1 Å². The molecule has 1 atom stereocenters. The van der Waals surface area contributed by atoms with Crippen LogP contribution in [0.1, 0.15) is 12.0 Å². The predicted octanol–water partition coefficient (Wildman–Crippen LogP) is -0.260. The normalized spacial score (nSPS) is 24.2. The molecule has 6 heteroatoms. The summed E-state index contributed by atoms with van der Waals surface area (Å²) in [4.78, 5) is 3.83. The second-order valence-corrected chi connectivity index (χ2v) is 2.43. The number of nitrogen functional groups attached to an aromatic ring is 1. The molecule has 0 radical (unpaired) electrons. The standard InChI is InChI=1S/C6H9N3O3/c7-6-8-5(12-9-6)4-3-10-1-2-11-4/h4H,1-3H2,(H2,7,9). The highest BCUT2D eigenvalue weighted by Crippen LogP contribution is 2.18. The van der Waals surface area contributed by atoms with Gasteiger partial charge in [-0.1, -0.05) is 0 Å². The molecule has 1 aliphatic rings.